The third kappa shape index (κ3) is 13.9. The van der Waals surface area contributed by atoms with Gasteiger partial charge in [-0.2, -0.15) is 4.98 Å². The molecule has 2 fully saturated rings. The van der Waals surface area contributed by atoms with E-state index in [0.717, 1.165) is 50.3 Å². The number of amides is 2. The first-order chi connectivity index (χ1) is 31.0. The fourth-order valence-electron chi connectivity index (χ4n) is 6.38. The molecule has 2 aromatic carbocycles. The minimum absolute atomic E-state index is 0.0206. The van der Waals surface area contributed by atoms with Crippen molar-refractivity contribution >= 4 is 51.2 Å². The van der Waals surface area contributed by atoms with Gasteiger partial charge in [-0.3, -0.25) is 9.59 Å². The number of anilines is 3. The molecule has 65 heavy (non-hydrogen) atoms. The number of ether oxygens (including phenoxy) is 4. The highest BCUT2D eigenvalue weighted by molar-refractivity contribution is 7.91. The van der Waals surface area contributed by atoms with Crippen molar-refractivity contribution in [2.45, 2.75) is 63.7 Å². The number of aromatic nitrogens is 4. The summed E-state index contributed by atoms with van der Waals surface area (Å²) in [5.74, 6) is -2.24. The lowest BCUT2D eigenvalue weighted by molar-refractivity contribution is 0.0969. The number of nitrogens with two attached hydrogens (primary N) is 3. The van der Waals surface area contributed by atoms with Gasteiger partial charge in [0.15, 0.2) is 0 Å². The molecule has 7 N–H and O–H groups in total. The number of benzene rings is 2. The molecule has 2 aliphatic rings. The van der Waals surface area contributed by atoms with Crippen molar-refractivity contribution in [2.24, 2.45) is 5.73 Å². The fraction of sp³-hybridized carbons (Fsp3) is 0.429. The number of rotatable bonds is 12. The zero-order valence-corrected chi connectivity index (χ0v) is 37.5. The molecular formula is C42H54F2N10O10S. The SMILES string of the molecule is CCOC(=O)N1CCC(N)CC1.CCOC(=O)N1CCC(Nc2ncc(C(=O)c3cc(F)ccc3OC)c(N)n2)CC1.CCS(=O)(=O)c1ncc(C(=O)c2cc(F)ccc2OC)c(N)n1. The molecule has 20 nitrogen and oxygen atoms in total. The van der Waals surface area contributed by atoms with Gasteiger partial charge < -0.3 is 51.3 Å². The summed E-state index contributed by atoms with van der Waals surface area (Å²) >= 11 is 0. The van der Waals surface area contributed by atoms with Crippen LogP contribution in [-0.4, -0.2) is 133 Å². The van der Waals surface area contributed by atoms with Crippen molar-refractivity contribution in [3.63, 3.8) is 0 Å². The van der Waals surface area contributed by atoms with Gasteiger partial charge in [0.1, 0.15) is 34.8 Å². The molecule has 0 bridgehead atoms. The Morgan fingerprint density at radius 2 is 1.15 bits per heavy atom. The van der Waals surface area contributed by atoms with Crippen LogP contribution in [0.4, 0.5) is 36.0 Å². The van der Waals surface area contributed by atoms with Gasteiger partial charge in [-0.25, -0.2) is 41.7 Å². The van der Waals surface area contributed by atoms with Gasteiger partial charge in [0.2, 0.25) is 32.5 Å². The Balaban J connectivity index is 0.000000233. The Labute approximate surface area is 375 Å². The van der Waals surface area contributed by atoms with Gasteiger partial charge in [-0.05, 0) is 75.9 Å². The number of piperidine rings is 2. The third-order valence-electron chi connectivity index (χ3n) is 9.99. The monoisotopic (exact) mass is 928 g/mol. The lowest BCUT2D eigenvalue weighted by Crippen LogP contribution is -2.43. The van der Waals surface area contributed by atoms with Crippen LogP contribution in [0.15, 0.2) is 53.9 Å². The topological polar surface area (TPSA) is 287 Å². The molecule has 2 amide bonds. The highest BCUT2D eigenvalue weighted by atomic mass is 32.2. The molecule has 4 heterocycles. The number of methoxy groups -OCH3 is 2. The Kier molecular flexibility index (Phi) is 18.6. The number of sulfone groups is 1. The van der Waals surface area contributed by atoms with Crippen molar-refractivity contribution in [1.82, 2.24) is 29.7 Å². The Bertz CT molecular complexity index is 2420. The summed E-state index contributed by atoms with van der Waals surface area (Å²) in [6.07, 6.45) is 4.98. The summed E-state index contributed by atoms with van der Waals surface area (Å²) in [5, 5.41) is 2.72. The summed E-state index contributed by atoms with van der Waals surface area (Å²) in [4.78, 5) is 67.2. The molecular weight excluding hydrogens is 875 g/mol. The van der Waals surface area contributed by atoms with E-state index in [1.807, 2.05) is 6.92 Å². The van der Waals surface area contributed by atoms with E-state index in [4.69, 9.17) is 36.1 Å². The van der Waals surface area contributed by atoms with E-state index in [1.165, 1.54) is 45.5 Å². The molecule has 2 aliphatic heterocycles. The minimum Gasteiger partial charge on any atom is -0.496 e. The number of hydrogen-bond donors (Lipinski definition) is 4. The maximum atomic E-state index is 13.6. The smallest absolute Gasteiger partial charge is 0.409 e. The number of nitrogen functional groups attached to an aromatic ring is 2. The molecule has 6 rings (SSSR count). The van der Waals surface area contributed by atoms with E-state index in [9.17, 15) is 36.4 Å². The number of halogens is 2. The van der Waals surface area contributed by atoms with E-state index >= 15 is 0 Å². The Morgan fingerprint density at radius 3 is 1.57 bits per heavy atom. The molecule has 23 heteroatoms. The summed E-state index contributed by atoms with van der Waals surface area (Å²) in [6.45, 7) is 8.40. The third-order valence-corrected chi connectivity index (χ3v) is 11.5. The number of carbonyl (C=O) groups is 4. The van der Waals surface area contributed by atoms with Crippen molar-refractivity contribution in [3.05, 3.63) is 82.7 Å². The zero-order chi connectivity index (χ0) is 47.8. The molecule has 4 aromatic rings. The average Bonchev–Trinajstić information content (AvgIpc) is 3.29. The molecule has 0 atom stereocenters. The van der Waals surface area contributed by atoms with Gasteiger partial charge in [0.05, 0.1) is 55.4 Å². The van der Waals surface area contributed by atoms with E-state index in [-0.39, 0.29) is 81.4 Å². The first-order valence-electron chi connectivity index (χ1n) is 20.6. The standard InChI is InChI=1S/C20H24FN5O4.C14H14FN3O4S.C8H16N2O2/c1-3-30-20(28)26-8-6-13(7-9-26)24-19-23-11-15(18(22)25-19)17(27)14-10-12(21)4-5-16(14)29-2;1-3-23(20,21)14-17-7-10(13(16)18-14)12(19)9-6-8(15)4-5-11(9)22-2;1-2-12-8(11)10-5-3-7(9)4-6-10/h4-5,10-11,13H,3,6-9H2,1-2H3,(H3,22,23,24,25);4-7H,3H2,1-2H3,(H2,16,17,18);7H,2-6,9H2,1H3. The highest BCUT2D eigenvalue weighted by Crippen LogP contribution is 2.27. The quantitative estimate of drug-likeness (QED) is 0.114. The number of likely N-dealkylation sites (tertiary alicyclic amines) is 2. The van der Waals surface area contributed by atoms with Crippen LogP contribution in [0.1, 0.15) is 78.3 Å². The summed E-state index contributed by atoms with van der Waals surface area (Å²) in [7, 11) is -0.918. The van der Waals surface area contributed by atoms with Crippen LogP contribution in [-0.2, 0) is 19.3 Å². The van der Waals surface area contributed by atoms with Crippen LogP contribution in [0.3, 0.4) is 0 Å². The van der Waals surface area contributed by atoms with E-state index in [1.54, 1.807) is 16.7 Å². The molecule has 0 saturated carbocycles. The maximum absolute atomic E-state index is 13.6. The van der Waals surface area contributed by atoms with Gasteiger partial charge in [-0.1, -0.05) is 6.92 Å². The van der Waals surface area contributed by atoms with Gasteiger partial charge >= 0.3 is 12.2 Å². The Morgan fingerprint density at radius 1 is 0.708 bits per heavy atom. The predicted molar refractivity (Wildman–Crippen MR) is 234 cm³/mol. The fourth-order valence-corrected chi connectivity index (χ4v) is 7.09. The highest BCUT2D eigenvalue weighted by Gasteiger charge is 2.26. The lowest BCUT2D eigenvalue weighted by atomic mass is 10.0. The van der Waals surface area contributed by atoms with Crippen LogP contribution < -0.4 is 32.0 Å². The lowest BCUT2D eigenvalue weighted by Gasteiger charge is -2.31. The normalized spacial score (nSPS) is 14.2. The second-order valence-corrected chi connectivity index (χ2v) is 16.5. The van der Waals surface area contributed by atoms with Crippen LogP contribution in [0.2, 0.25) is 0 Å². The molecule has 0 unspecified atom stereocenters. The molecule has 0 aliphatic carbocycles. The van der Waals surface area contributed by atoms with Crippen molar-refractivity contribution in [2.75, 3.05) is 76.1 Å². The summed E-state index contributed by atoms with van der Waals surface area (Å²) in [5.41, 5.74) is 17.2. The molecule has 0 radical (unpaired) electrons. The predicted octanol–water partition coefficient (Wildman–Crippen LogP) is 4.27. The van der Waals surface area contributed by atoms with Gasteiger partial charge in [0.25, 0.3) is 0 Å². The van der Waals surface area contributed by atoms with Gasteiger partial charge in [-0.15, -0.1) is 0 Å². The first-order valence-corrected chi connectivity index (χ1v) is 22.2. The van der Waals surface area contributed by atoms with Gasteiger partial charge in [0, 0.05) is 50.7 Å². The first kappa shape index (κ1) is 50.9. The zero-order valence-electron chi connectivity index (χ0n) is 36.7. The van der Waals surface area contributed by atoms with Crippen molar-refractivity contribution < 1.29 is 55.3 Å². The molecule has 0 spiro atoms. The van der Waals surface area contributed by atoms with Crippen molar-refractivity contribution in [1.29, 1.82) is 0 Å². The Hall–Kier alpha value is -6.75. The van der Waals surface area contributed by atoms with E-state index in [0.29, 0.717) is 39.1 Å². The molecule has 352 valence electrons. The van der Waals surface area contributed by atoms with Crippen LogP contribution >= 0.6 is 0 Å². The number of nitrogens with one attached hydrogen (secondary N) is 1. The van der Waals surface area contributed by atoms with E-state index < -0.39 is 38.2 Å². The second-order valence-electron chi connectivity index (χ2n) is 14.3. The number of carbonyl (C=O) groups excluding carboxylic acids is 4. The van der Waals surface area contributed by atoms with Crippen LogP contribution in [0, 0.1) is 11.6 Å². The molecule has 2 saturated heterocycles. The number of hydrogen-bond acceptors (Lipinski definition) is 18. The summed E-state index contributed by atoms with van der Waals surface area (Å²) < 4.78 is 70.4. The average molecular weight is 929 g/mol. The van der Waals surface area contributed by atoms with Crippen LogP contribution in [0.25, 0.3) is 0 Å². The van der Waals surface area contributed by atoms with Crippen molar-refractivity contribution in [3.8, 4) is 11.5 Å². The number of ketones is 2. The van der Waals surface area contributed by atoms with Crippen LogP contribution in [0.5, 0.6) is 11.5 Å². The molecule has 2 aromatic heterocycles. The van der Waals surface area contributed by atoms with E-state index in [2.05, 4.69) is 25.3 Å². The maximum Gasteiger partial charge on any atom is 0.409 e. The largest absolute Gasteiger partial charge is 0.496 e. The minimum atomic E-state index is -3.65. The number of nitrogens with zero attached hydrogens (tertiary/aromatic N) is 6. The second kappa shape index (κ2) is 23.8. The summed E-state index contributed by atoms with van der Waals surface area (Å²) in [6, 6.07) is 7.42.